The molecule has 128 valence electrons. The maximum Gasteiger partial charge on any atom is 0.418 e. The number of nitrogens with two attached hydrogens (primary N) is 1. The monoisotopic (exact) mass is 337 g/mol. The highest BCUT2D eigenvalue weighted by atomic mass is 19.4. The van der Waals surface area contributed by atoms with Crippen LogP contribution in [0.25, 0.3) is 11.1 Å². The van der Waals surface area contributed by atoms with Gasteiger partial charge in [0.2, 0.25) is 0 Å². The van der Waals surface area contributed by atoms with Gasteiger partial charge in [-0.1, -0.05) is 18.2 Å². The summed E-state index contributed by atoms with van der Waals surface area (Å²) in [5.41, 5.74) is 5.26. The van der Waals surface area contributed by atoms with Crippen molar-refractivity contribution in [3.63, 3.8) is 0 Å². The number of benzene rings is 2. The van der Waals surface area contributed by atoms with Crippen molar-refractivity contribution < 1.29 is 22.7 Å². The van der Waals surface area contributed by atoms with Gasteiger partial charge < -0.3 is 10.5 Å². The quantitative estimate of drug-likeness (QED) is 0.626. The normalized spacial score (nSPS) is 12.1. The number of esters is 1. The summed E-state index contributed by atoms with van der Waals surface area (Å²) in [4.78, 5) is 12.0. The number of alkyl halides is 3. The minimum absolute atomic E-state index is 0.337. The van der Waals surface area contributed by atoms with Crippen LogP contribution in [0, 0.1) is 0 Å². The van der Waals surface area contributed by atoms with Crippen molar-refractivity contribution in [3.8, 4) is 11.1 Å². The largest absolute Gasteiger partial charge is 0.456 e. The van der Waals surface area contributed by atoms with Crippen LogP contribution in [-0.2, 0) is 10.9 Å². The lowest BCUT2D eigenvalue weighted by atomic mass is 10.0. The van der Waals surface area contributed by atoms with Crippen molar-refractivity contribution >= 4 is 11.7 Å². The van der Waals surface area contributed by atoms with Gasteiger partial charge in [0.15, 0.2) is 0 Å². The third-order valence-electron chi connectivity index (χ3n) is 3.21. The Hall–Kier alpha value is -2.50. The highest BCUT2D eigenvalue weighted by molar-refractivity contribution is 5.90. The van der Waals surface area contributed by atoms with Crippen LogP contribution in [0.3, 0.4) is 0 Å². The van der Waals surface area contributed by atoms with Crippen molar-refractivity contribution in [2.45, 2.75) is 32.5 Å². The van der Waals surface area contributed by atoms with E-state index in [2.05, 4.69) is 0 Å². The van der Waals surface area contributed by atoms with Gasteiger partial charge in [-0.15, -0.1) is 0 Å². The van der Waals surface area contributed by atoms with E-state index >= 15 is 0 Å². The Morgan fingerprint density at radius 2 is 1.50 bits per heavy atom. The second-order valence-electron chi connectivity index (χ2n) is 6.38. The van der Waals surface area contributed by atoms with Gasteiger partial charge in [-0.2, -0.15) is 13.2 Å². The molecule has 2 aromatic carbocycles. The fraction of sp³-hybridized carbons (Fsp3) is 0.278. The highest BCUT2D eigenvalue weighted by Crippen LogP contribution is 2.35. The van der Waals surface area contributed by atoms with Crippen LogP contribution in [0.15, 0.2) is 42.5 Å². The van der Waals surface area contributed by atoms with Gasteiger partial charge in [-0.05, 0) is 56.2 Å². The van der Waals surface area contributed by atoms with Crippen LogP contribution in [0.1, 0.15) is 36.7 Å². The van der Waals surface area contributed by atoms with Crippen LogP contribution >= 0.6 is 0 Å². The van der Waals surface area contributed by atoms with Gasteiger partial charge in [0.05, 0.1) is 11.1 Å². The summed E-state index contributed by atoms with van der Waals surface area (Å²) in [6, 6.07) is 9.98. The average molecular weight is 337 g/mol. The molecule has 6 heteroatoms. The Morgan fingerprint density at radius 3 is 1.96 bits per heavy atom. The first-order valence-corrected chi connectivity index (χ1v) is 7.28. The van der Waals surface area contributed by atoms with Crippen LogP contribution in [-0.4, -0.2) is 11.6 Å². The molecule has 24 heavy (non-hydrogen) atoms. The molecule has 0 saturated heterocycles. The van der Waals surface area contributed by atoms with Gasteiger partial charge in [-0.25, -0.2) is 4.79 Å². The number of hydrogen-bond acceptors (Lipinski definition) is 3. The summed E-state index contributed by atoms with van der Waals surface area (Å²) in [6.07, 6.45) is -4.48. The lowest BCUT2D eigenvalue weighted by molar-refractivity contribution is -0.136. The molecule has 2 rings (SSSR count). The van der Waals surface area contributed by atoms with E-state index in [9.17, 15) is 18.0 Å². The van der Waals surface area contributed by atoms with Crippen molar-refractivity contribution in [2.75, 3.05) is 5.73 Å². The number of anilines is 1. The predicted octanol–water partition coefficient (Wildman–Crippen LogP) is 4.91. The molecule has 3 nitrogen and oxygen atoms in total. The van der Waals surface area contributed by atoms with E-state index in [1.54, 1.807) is 45.0 Å². The van der Waals surface area contributed by atoms with Gasteiger partial charge in [0.25, 0.3) is 0 Å². The average Bonchev–Trinajstić information content (AvgIpc) is 2.44. The molecule has 2 N–H and O–H groups in total. The maximum absolute atomic E-state index is 12.7. The Balaban J connectivity index is 2.25. The standard InChI is InChI=1S/C18H18F3NO2/c1-17(2,3)24-16(23)12-6-4-11(5-7-12)13-8-9-14(15(22)10-13)18(19,20)21/h4-10H,22H2,1-3H3. The number of hydrogen-bond donors (Lipinski definition) is 1. The minimum atomic E-state index is -4.48. The number of carbonyl (C=O) groups is 1. The van der Waals surface area contributed by atoms with Crippen LogP contribution in [0.5, 0.6) is 0 Å². The van der Waals surface area contributed by atoms with E-state index in [-0.39, 0.29) is 5.69 Å². The molecule has 0 unspecified atom stereocenters. The summed E-state index contributed by atoms with van der Waals surface area (Å²) in [6.45, 7) is 5.30. The highest BCUT2D eigenvalue weighted by Gasteiger charge is 2.32. The van der Waals surface area contributed by atoms with Gasteiger partial charge in [-0.3, -0.25) is 0 Å². The minimum Gasteiger partial charge on any atom is -0.456 e. The Bertz CT molecular complexity index is 744. The van der Waals surface area contributed by atoms with Crippen molar-refractivity contribution in [3.05, 3.63) is 53.6 Å². The van der Waals surface area contributed by atoms with E-state index in [0.717, 1.165) is 6.07 Å². The molecule has 2 aromatic rings. The van der Waals surface area contributed by atoms with Crippen LogP contribution in [0.4, 0.5) is 18.9 Å². The maximum atomic E-state index is 12.7. The molecule has 0 saturated carbocycles. The summed E-state index contributed by atoms with van der Waals surface area (Å²) < 4.78 is 43.4. The van der Waals surface area contributed by atoms with Crippen molar-refractivity contribution in [1.29, 1.82) is 0 Å². The zero-order valence-electron chi connectivity index (χ0n) is 13.6. The molecule has 0 aromatic heterocycles. The number of nitrogen functional groups attached to an aromatic ring is 1. The topological polar surface area (TPSA) is 52.3 Å². The predicted molar refractivity (Wildman–Crippen MR) is 86.5 cm³/mol. The Kier molecular flexibility index (Phi) is 4.60. The molecule has 0 atom stereocenters. The summed E-state index contributed by atoms with van der Waals surface area (Å²) >= 11 is 0. The third kappa shape index (κ3) is 4.28. The van der Waals surface area contributed by atoms with E-state index < -0.39 is 23.3 Å². The van der Waals surface area contributed by atoms with Crippen LogP contribution in [0.2, 0.25) is 0 Å². The lowest BCUT2D eigenvalue weighted by Gasteiger charge is -2.19. The number of ether oxygens (including phenoxy) is 1. The third-order valence-corrected chi connectivity index (χ3v) is 3.21. The molecule has 0 radical (unpaired) electrons. The van der Waals surface area contributed by atoms with E-state index in [1.807, 2.05) is 0 Å². The van der Waals surface area contributed by atoms with E-state index in [0.29, 0.717) is 16.7 Å². The zero-order chi connectivity index (χ0) is 18.1. The lowest BCUT2D eigenvalue weighted by Crippen LogP contribution is -2.23. The summed E-state index contributed by atoms with van der Waals surface area (Å²) in [5, 5.41) is 0. The second-order valence-corrected chi connectivity index (χ2v) is 6.38. The smallest absolute Gasteiger partial charge is 0.418 e. The number of carbonyl (C=O) groups excluding carboxylic acids is 1. The van der Waals surface area contributed by atoms with Crippen LogP contribution < -0.4 is 5.73 Å². The fourth-order valence-electron chi connectivity index (χ4n) is 2.14. The molecule has 0 spiro atoms. The first-order valence-electron chi connectivity index (χ1n) is 7.28. The van der Waals surface area contributed by atoms with E-state index in [4.69, 9.17) is 10.5 Å². The number of rotatable bonds is 2. The zero-order valence-corrected chi connectivity index (χ0v) is 13.6. The molecule has 0 aliphatic heterocycles. The van der Waals surface area contributed by atoms with Crippen molar-refractivity contribution in [2.24, 2.45) is 0 Å². The van der Waals surface area contributed by atoms with Crippen molar-refractivity contribution in [1.82, 2.24) is 0 Å². The number of halogens is 3. The molecule has 0 bridgehead atoms. The molecule has 0 amide bonds. The Morgan fingerprint density at radius 1 is 0.958 bits per heavy atom. The first kappa shape index (κ1) is 17.8. The second kappa shape index (κ2) is 6.19. The molecular formula is C18H18F3NO2. The van der Waals surface area contributed by atoms with Gasteiger partial charge in [0.1, 0.15) is 5.60 Å². The fourth-order valence-corrected chi connectivity index (χ4v) is 2.14. The Labute approximate surface area is 138 Å². The molecular weight excluding hydrogens is 319 g/mol. The molecule has 0 fully saturated rings. The van der Waals surface area contributed by atoms with Gasteiger partial charge >= 0.3 is 12.1 Å². The SMILES string of the molecule is CC(C)(C)OC(=O)c1ccc(-c2ccc(C(F)(F)F)c(N)c2)cc1. The first-order chi connectivity index (χ1) is 11.0. The van der Waals surface area contributed by atoms with Gasteiger partial charge in [0, 0.05) is 5.69 Å². The van der Waals surface area contributed by atoms with E-state index in [1.165, 1.54) is 12.1 Å². The molecule has 0 aliphatic carbocycles. The molecule has 0 aliphatic rings. The summed E-state index contributed by atoms with van der Waals surface area (Å²) in [7, 11) is 0. The summed E-state index contributed by atoms with van der Waals surface area (Å²) in [5.74, 6) is -0.457. The molecule has 0 heterocycles.